The van der Waals surface area contributed by atoms with Gasteiger partial charge in [0.05, 0.1) is 6.61 Å². The summed E-state index contributed by atoms with van der Waals surface area (Å²) in [6.07, 6.45) is 0.103. The molecule has 0 heterocycles. The fraction of sp³-hybridized carbons (Fsp3) is 0.944. The molecule has 0 saturated heterocycles. The molecule has 0 spiro atoms. The van der Waals surface area contributed by atoms with Gasteiger partial charge in [-0.25, -0.2) is 4.79 Å². The van der Waals surface area contributed by atoms with Crippen LogP contribution in [-0.4, -0.2) is 30.7 Å². The molecule has 0 fully saturated rings. The van der Waals surface area contributed by atoms with Crippen LogP contribution in [0.3, 0.4) is 0 Å². The van der Waals surface area contributed by atoms with E-state index >= 15 is 0 Å². The van der Waals surface area contributed by atoms with Crippen LogP contribution < -0.4 is 5.73 Å². The first kappa shape index (κ1) is 22.2. The molecule has 0 saturated carbocycles. The van der Waals surface area contributed by atoms with E-state index in [0.29, 0.717) is 25.0 Å². The Morgan fingerprint density at radius 2 is 1.57 bits per heavy atom. The van der Waals surface area contributed by atoms with Gasteiger partial charge in [0.1, 0.15) is 11.3 Å². The molecular formula is C18H37NO4. The van der Waals surface area contributed by atoms with Gasteiger partial charge in [-0.1, -0.05) is 34.6 Å². The van der Waals surface area contributed by atoms with Gasteiger partial charge in [0.15, 0.2) is 0 Å². The fourth-order valence-electron chi connectivity index (χ4n) is 1.64. The van der Waals surface area contributed by atoms with Crippen LogP contribution in [0, 0.1) is 17.3 Å². The van der Waals surface area contributed by atoms with Gasteiger partial charge in [0.2, 0.25) is 0 Å². The molecule has 0 aromatic rings. The van der Waals surface area contributed by atoms with Crippen molar-refractivity contribution in [3.05, 3.63) is 0 Å². The van der Waals surface area contributed by atoms with Gasteiger partial charge in [-0.3, -0.25) is 0 Å². The smallest absolute Gasteiger partial charge is 0.434 e. The lowest BCUT2D eigenvalue weighted by atomic mass is 9.75. The van der Waals surface area contributed by atoms with Crippen LogP contribution >= 0.6 is 0 Å². The Labute approximate surface area is 142 Å². The second-order valence-electron chi connectivity index (χ2n) is 8.48. The highest BCUT2D eigenvalue weighted by molar-refractivity contribution is 5.60. The topological polar surface area (TPSA) is 70.8 Å². The van der Waals surface area contributed by atoms with Crippen molar-refractivity contribution in [2.75, 3.05) is 13.2 Å². The molecule has 0 bridgehead atoms. The average molecular weight is 331 g/mol. The number of ether oxygens (including phenoxy) is 3. The van der Waals surface area contributed by atoms with Crippen molar-refractivity contribution < 1.29 is 19.0 Å². The summed E-state index contributed by atoms with van der Waals surface area (Å²) in [4.78, 5) is 12.0. The zero-order chi connectivity index (χ0) is 18.5. The number of carbonyl (C=O) groups excluding carboxylic acids is 1. The highest BCUT2D eigenvalue weighted by Gasteiger charge is 2.41. The molecule has 5 heteroatoms. The lowest BCUT2D eigenvalue weighted by molar-refractivity contribution is -0.100. The SMILES string of the molecule is CC(C)C(C)COC(=O)OC(C)(C)C(C)(C)CCOC(C)(C)N. The molecule has 0 aromatic heterocycles. The molecule has 0 aliphatic heterocycles. The van der Waals surface area contributed by atoms with E-state index in [2.05, 4.69) is 20.8 Å². The Bertz CT molecular complexity index is 370. The Morgan fingerprint density at radius 3 is 2.00 bits per heavy atom. The predicted octanol–water partition coefficient (Wildman–Crippen LogP) is 4.34. The summed E-state index contributed by atoms with van der Waals surface area (Å²) in [5, 5.41) is 0. The number of rotatable bonds is 9. The molecule has 0 aliphatic carbocycles. The van der Waals surface area contributed by atoms with Crippen molar-refractivity contribution in [2.45, 2.75) is 80.1 Å². The van der Waals surface area contributed by atoms with E-state index in [-0.39, 0.29) is 5.41 Å². The first-order chi connectivity index (χ1) is 10.2. The fourth-order valence-corrected chi connectivity index (χ4v) is 1.64. The Hall–Kier alpha value is -0.810. The molecule has 2 N–H and O–H groups in total. The van der Waals surface area contributed by atoms with E-state index in [9.17, 15) is 4.79 Å². The number of hydrogen-bond donors (Lipinski definition) is 1. The molecule has 0 radical (unpaired) electrons. The maximum Gasteiger partial charge on any atom is 0.508 e. The van der Waals surface area contributed by atoms with Crippen molar-refractivity contribution in [1.82, 2.24) is 0 Å². The minimum Gasteiger partial charge on any atom is -0.434 e. The van der Waals surface area contributed by atoms with E-state index in [1.165, 1.54) is 0 Å². The highest BCUT2D eigenvalue weighted by Crippen LogP contribution is 2.37. The minimum atomic E-state index is -0.673. The molecule has 1 unspecified atom stereocenters. The molecule has 5 nitrogen and oxygen atoms in total. The van der Waals surface area contributed by atoms with E-state index in [1.807, 2.05) is 41.5 Å². The zero-order valence-corrected chi connectivity index (χ0v) is 16.5. The molecule has 138 valence electrons. The standard InChI is InChI=1S/C18H37NO4/c1-13(2)14(3)12-21-15(20)23-17(6,7)16(4,5)10-11-22-18(8,9)19/h13-14H,10-12,19H2,1-9H3. The van der Waals surface area contributed by atoms with Gasteiger partial charge in [-0.05, 0) is 46.0 Å². The summed E-state index contributed by atoms with van der Waals surface area (Å²) in [6.45, 7) is 18.6. The molecule has 0 aliphatic rings. The minimum absolute atomic E-state index is 0.277. The van der Waals surface area contributed by atoms with Crippen LogP contribution in [0.1, 0.15) is 68.7 Å². The molecule has 0 amide bonds. The maximum atomic E-state index is 12.0. The van der Waals surface area contributed by atoms with Crippen LogP contribution in [0.5, 0.6) is 0 Å². The maximum absolute atomic E-state index is 12.0. The van der Waals surface area contributed by atoms with Crippen molar-refractivity contribution in [3.63, 3.8) is 0 Å². The number of nitrogens with two attached hydrogens (primary N) is 1. The predicted molar refractivity (Wildman–Crippen MR) is 93.1 cm³/mol. The van der Waals surface area contributed by atoms with Crippen molar-refractivity contribution in [3.8, 4) is 0 Å². The highest BCUT2D eigenvalue weighted by atomic mass is 16.7. The largest absolute Gasteiger partial charge is 0.508 e. The van der Waals surface area contributed by atoms with Crippen molar-refractivity contribution in [2.24, 2.45) is 23.0 Å². The van der Waals surface area contributed by atoms with Gasteiger partial charge in [0.25, 0.3) is 0 Å². The third-order valence-corrected chi connectivity index (χ3v) is 4.77. The molecule has 0 rings (SSSR count). The van der Waals surface area contributed by atoms with Crippen LogP contribution in [-0.2, 0) is 14.2 Å². The van der Waals surface area contributed by atoms with Gasteiger partial charge in [-0.15, -0.1) is 0 Å². The van der Waals surface area contributed by atoms with Crippen molar-refractivity contribution >= 4 is 6.16 Å². The van der Waals surface area contributed by atoms with Crippen LogP contribution in [0.4, 0.5) is 4.79 Å². The summed E-state index contributed by atoms with van der Waals surface area (Å²) in [5.74, 6) is 0.767. The first-order valence-electron chi connectivity index (χ1n) is 8.46. The Morgan fingerprint density at radius 1 is 1.04 bits per heavy atom. The van der Waals surface area contributed by atoms with Crippen LogP contribution in [0.2, 0.25) is 0 Å². The Balaban J connectivity index is 4.49. The Kier molecular flexibility index (Phi) is 8.04. The van der Waals surface area contributed by atoms with Crippen molar-refractivity contribution in [1.29, 1.82) is 0 Å². The summed E-state index contributed by atoms with van der Waals surface area (Å²) < 4.78 is 16.4. The zero-order valence-electron chi connectivity index (χ0n) is 16.5. The van der Waals surface area contributed by atoms with Gasteiger partial charge >= 0.3 is 6.16 Å². The van der Waals surface area contributed by atoms with Gasteiger partial charge < -0.3 is 19.9 Å². The summed E-state index contributed by atoms with van der Waals surface area (Å²) >= 11 is 0. The lowest BCUT2D eigenvalue weighted by Crippen LogP contribution is -2.45. The lowest BCUT2D eigenvalue weighted by Gasteiger charge is -2.40. The number of hydrogen-bond acceptors (Lipinski definition) is 5. The van der Waals surface area contributed by atoms with E-state index in [0.717, 1.165) is 6.42 Å². The van der Waals surface area contributed by atoms with Gasteiger partial charge in [0, 0.05) is 12.0 Å². The quantitative estimate of drug-likeness (QED) is 0.503. The second-order valence-corrected chi connectivity index (χ2v) is 8.48. The third kappa shape index (κ3) is 8.56. The third-order valence-electron chi connectivity index (χ3n) is 4.77. The molecule has 1 atom stereocenters. The van der Waals surface area contributed by atoms with Crippen LogP contribution in [0.15, 0.2) is 0 Å². The van der Waals surface area contributed by atoms with Crippen LogP contribution in [0.25, 0.3) is 0 Å². The molecular weight excluding hydrogens is 294 g/mol. The summed E-state index contributed by atoms with van der Waals surface area (Å²) in [6, 6.07) is 0. The van der Waals surface area contributed by atoms with Gasteiger partial charge in [-0.2, -0.15) is 0 Å². The number of carbonyl (C=O) groups is 1. The van der Waals surface area contributed by atoms with E-state index in [1.54, 1.807) is 0 Å². The van der Waals surface area contributed by atoms with E-state index < -0.39 is 17.5 Å². The summed E-state index contributed by atoms with van der Waals surface area (Å²) in [7, 11) is 0. The second kappa shape index (κ2) is 8.34. The summed E-state index contributed by atoms with van der Waals surface area (Å²) in [5.41, 5.74) is 4.21. The van der Waals surface area contributed by atoms with E-state index in [4.69, 9.17) is 19.9 Å². The first-order valence-corrected chi connectivity index (χ1v) is 8.46. The average Bonchev–Trinajstić information content (AvgIpc) is 2.32. The molecule has 23 heavy (non-hydrogen) atoms. The normalized spacial score (nSPS) is 14.7. The monoisotopic (exact) mass is 331 g/mol. The molecule has 0 aromatic carbocycles.